The van der Waals surface area contributed by atoms with Crippen molar-refractivity contribution in [3.05, 3.63) is 40.2 Å². The summed E-state index contributed by atoms with van der Waals surface area (Å²) in [6, 6.07) is 4.81. The van der Waals surface area contributed by atoms with Gasteiger partial charge in [0.05, 0.1) is 5.69 Å². The van der Waals surface area contributed by atoms with Crippen molar-refractivity contribution in [1.82, 2.24) is 9.78 Å². The molecule has 0 aliphatic heterocycles. The SMILES string of the molecule is Cc1ccc(C)c(-c2c(C)nn(C(C)C)c2C)c1C.[Pd]. The van der Waals surface area contributed by atoms with Gasteiger partial charge in [-0.2, -0.15) is 5.10 Å². The summed E-state index contributed by atoms with van der Waals surface area (Å²) in [6.07, 6.45) is 0. The quantitative estimate of drug-likeness (QED) is 0.710. The zero-order valence-electron chi connectivity index (χ0n) is 13.4. The first-order chi connectivity index (χ1) is 8.84. The zero-order valence-corrected chi connectivity index (χ0v) is 15.0. The Hall–Kier alpha value is -0.908. The Morgan fingerprint density at radius 2 is 1.45 bits per heavy atom. The van der Waals surface area contributed by atoms with Crippen LogP contribution in [-0.4, -0.2) is 9.78 Å². The number of aryl methyl sites for hydroxylation is 3. The molecule has 112 valence electrons. The maximum Gasteiger partial charge on any atom is 0.0675 e. The second-order valence-electron chi connectivity index (χ2n) is 5.78. The van der Waals surface area contributed by atoms with Crippen molar-refractivity contribution in [2.75, 3.05) is 0 Å². The first-order valence-corrected chi connectivity index (χ1v) is 6.97. The predicted octanol–water partition coefficient (Wildman–Crippen LogP) is 4.67. The standard InChI is InChI=1S/C17H24N2.Pd/c1-10(2)19-15(7)17(14(6)18-19)16-12(4)9-8-11(3)13(16)5;/h8-10H,1-7H3;. The summed E-state index contributed by atoms with van der Waals surface area (Å²) in [5.41, 5.74) is 9.12. The normalized spacial score (nSPS) is 10.8. The second-order valence-corrected chi connectivity index (χ2v) is 5.78. The van der Waals surface area contributed by atoms with Crippen LogP contribution in [0.1, 0.15) is 48.0 Å². The average molecular weight is 363 g/mol. The van der Waals surface area contributed by atoms with Crippen LogP contribution in [0, 0.1) is 34.6 Å². The maximum atomic E-state index is 4.71. The van der Waals surface area contributed by atoms with E-state index in [-0.39, 0.29) is 20.4 Å². The van der Waals surface area contributed by atoms with Crippen LogP contribution in [0.15, 0.2) is 12.1 Å². The van der Waals surface area contributed by atoms with Gasteiger partial charge in [-0.1, -0.05) is 12.1 Å². The molecule has 0 unspecified atom stereocenters. The van der Waals surface area contributed by atoms with Gasteiger partial charge in [0.15, 0.2) is 0 Å². The van der Waals surface area contributed by atoms with E-state index in [1.165, 1.54) is 33.5 Å². The monoisotopic (exact) mass is 362 g/mol. The number of nitrogens with zero attached hydrogens (tertiary/aromatic N) is 2. The van der Waals surface area contributed by atoms with Crippen molar-refractivity contribution < 1.29 is 20.4 Å². The third-order valence-corrected chi connectivity index (χ3v) is 4.01. The minimum absolute atomic E-state index is 0. The fourth-order valence-electron chi connectivity index (χ4n) is 2.86. The van der Waals surface area contributed by atoms with Crippen LogP contribution < -0.4 is 0 Å². The molecule has 0 N–H and O–H groups in total. The molecule has 0 aliphatic rings. The van der Waals surface area contributed by atoms with Gasteiger partial charge < -0.3 is 0 Å². The maximum absolute atomic E-state index is 4.71. The number of rotatable bonds is 2. The summed E-state index contributed by atoms with van der Waals surface area (Å²) in [7, 11) is 0. The number of hydrogen-bond donors (Lipinski definition) is 0. The van der Waals surface area contributed by atoms with Crippen LogP contribution in [-0.2, 0) is 20.4 Å². The molecule has 0 spiro atoms. The van der Waals surface area contributed by atoms with Crippen LogP contribution in [0.2, 0.25) is 0 Å². The van der Waals surface area contributed by atoms with Crippen LogP contribution in [0.3, 0.4) is 0 Å². The number of benzene rings is 1. The fraction of sp³-hybridized carbons (Fsp3) is 0.471. The molecule has 2 aromatic rings. The molecule has 20 heavy (non-hydrogen) atoms. The first kappa shape index (κ1) is 17.1. The zero-order chi connectivity index (χ0) is 14.3. The summed E-state index contributed by atoms with van der Waals surface area (Å²) >= 11 is 0. The summed E-state index contributed by atoms with van der Waals surface area (Å²) in [5, 5.41) is 4.71. The van der Waals surface area contributed by atoms with E-state index in [0.29, 0.717) is 6.04 Å². The molecule has 0 amide bonds. The Morgan fingerprint density at radius 3 is 1.95 bits per heavy atom. The molecule has 0 aliphatic carbocycles. The van der Waals surface area contributed by atoms with E-state index in [0.717, 1.165) is 5.69 Å². The molecule has 1 heterocycles. The fourth-order valence-corrected chi connectivity index (χ4v) is 2.86. The minimum atomic E-state index is 0. The Kier molecular flexibility index (Phi) is 5.35. The molecule has 0 radical (unpaired) electrons. The van der Waals surface area contributed by atoms with Crippen LogP contribution in [0.4, 0.5) is 0 Å². The molecular formula is C17H24N2Pd. The van der Waals surface area contributed by atoms with E-state index in [9.17, 15) is 0 Å². The Balaban J connectivity index is 0.00000200. The van der Waals surface area contributed by atoms with Gasteiger partial charge in [-0.25, -0.2) is 0 Å². The van der Waals surface area contributed by atoms with Gasteiger partial charge >= 0.3 is 0 Å². The molecule has 1 aromatic heterocycles. The second kappa shape index (κ2) is 6.25. The van der Waals surface area contributed by atoms with E-state index in [2.05, 4.69) is 65.3 Å². The average Bonchev–Trinajstić information content (AvgIpc) is 2.62. The van der Waals surface area contributed by atoms with E-state index in [1.54, 1.807) is 0 Å². The predicted molar refractivity (Wildman–Crippen MR) is 81.7 cm³/mol. The smallest absolute Gasteiger partial charge is 0.0675 e. The molecule has 0 saturated heterocycles. The van der Waals surface area contributed by atoms with Crippen LogP contribution in [0.5, 0.6) is 0 Å². The van der Waals surface area contributed by atoms with Crippen LogP contribution in [0.25, 0.3) is 11.1 Å². The van der Waals surface area contributed by atoms with Crippen molar-refractivity contribution in [3.63, 3.8) is 0 Å². The minimum Gasteiger partial charge on any atom is -0.266 e. The molecule has 0 atom stereocenters. The number of hydrogen-bond acceptors (Lipinski definition) is 1. The molecule has 0 bridgehead atoms. The summed E-state index contributed by atoms with van der Waals surface area (Å²) in [6.45, 7) is 15.2. The van der Waals surface area contributed by atoms with Gasteiger partial charge in [0.2, 0.25) is 0 Å². The van der Waals surface area contributed by atoms with Gasteiger partial charge in [-0.3, -0.25) is 4.68 Å². The van der Waals surface area contributed by atoms with E-state index in [1.807, 2.05) is 0 Å². The van der Waals surface area contributed by atoms with Crippen molar-refractivity contribution in [2.45, 2.75) is 54.5 Å². The molecule has 0 saturated carbocycles. The molecule has 2 nitrogen and oxygen atoms in total. The van der Waals surface area contributed by atoms with Gasteiger partial charge in [-0.15, -0.1) is 0 Å². The third kappa shape index (κ3) is 2.75. The Bertz CT molecular complexity index is 624. The van der Waals surface area contributed by atoms with Crippen molar-refractivity contribution in [2.24, 2.45) is 0 Å². The largest absolute Gasteiger partial charge is 0.266 e. The summed E-state index contributed by atoms with van der Waals surface area (Å²) in [4.78, 5) is 0. The molecule has 2 rings (SSSR count). The Labute approximate surface area is 136 Å². The molecule has 3 heteroatoms. The van der Waals surface area contributed by atoms with Gasteiger partial charge in [0, 0.05) is 37.7 Å². The first-order valence-electron chi connectivity index (χ1n) is 6.97. The summed E-state index contributed by atoms with van der Waals surface area (Å²) < 4.78 is 2.13. The van der Waals surface area contributed by atoms with E-state index < -0.39 is 0 Å². The van der Waals surface area contributed by atoms with Crippen molar-refractivity contribution in [3.8, 4) is 11.1 Å². The van der Waals surface area contributed by atoms with Crippen molar-refractivity contribution >= 4 is 0 Å². The summed E-state index contributed by atoms with van der Waals surface area (Å²) in [5.74, 6) is 0. The van der Waals surface area contributed by atoms with Gasteiger partial charge in [0.25, 0.3) is 0 Å². The number of aromatic nitrogens is 2. The topological polar surface area (TPSA) is 17.8 Å². The van der Waals surface area contributed by atoms with E-state index in [4.69, 9.17) is 5.10 Å². The van der Waals surface area contributed by atoms with Gasteiger partial charge in [0.1, 0.15) is 0 Å². The molecular weight excluding hydrogens is 339 g/mol. The third-order valence-electron chi connectivity index (χ3n) is 4.01. The molecule has 0 fully saturated rings. The van der Waals surface area contributed by atoms with Crippen molar-refractivity contribution in [1.29, 1.82) is 0 Å². The molecule has 1 aromatic carbocycles. The Morgan fingerprint density at radius 1 is 0.900 bits per heavy atom. The van der Waals surface area contributed by atoms with Crippen LogP contribution >= 0.6 is 0 Å². The van der Waals surface area contributed by atoms with Gasteiger partial charge in [-0.05, 0) is 70.7 Å². The van der Waals surface area contributed by atoms with E-state index >= 15 is 0 Å².